The van der Waals surface area contributed by atoms with Gasteiger partial charge in [-0.2, -0.15) is 0 Å². The second-order valence-corrected chi connectivity index (χ2v) is 7.22. The fourth-order valence-corrected chi connectivity index (χ4v) is 3.22. The van der Waals surface area contributed by atoms with E-state index < -0.39 is 10.0 Å². The fraction of sp³-hybridized carbons (Fsp3) is 0.278. The number of carbonyl (C=O) groups excluding carboxylic acids is 1. The number of nitrogens with one attached hydrogen (secondary N) is 2. The summed E-state index contributed by atoms with van der Waals surface area (Å²) in [5, 5.41) is 2.59. The number of sulfonamides is 1. The van der Waals surface area contributed by atoms with Crippen molar-refractivity contribution in [3.05, 3.63) is 54.1 Å². The lowest BCUT2D eigenvalue weighted by atomic mass is 10.2. The summed E-state index contributed by atoms with van der Waals surface area (Å²) in [5.41, 5.74) is 1.71. The van der Waals surface area contributed by atoms with Crippen LogP contribution in [0.1, 0.15) is 19.4 Å². The SMILES string of the molecule is CCc1cccc(OCCNS(=O)(=O)c2ccc(NC(C)=O)cc2)c1. The predicted octanol–water partition coefficient (Wildman–Crippen LogP) is 2.56. The normalized spacial score (nSPS) is 11.1. The summed E-state index contributed by atoms with van der Waals surface area (Å²) < 4.78 is 32.5. The van der Waals surface area contributed by atoms with E-state index in [0.29, 0.717) is 5.69 Å². The summed E-state index contributed by atoms with van der Waals surface area (Å²) in [6.45, 7) is 3.84. The van der Waals surface area contributed by atoms with Gasteiger partial charge in [0.2, 0.25) is 15.9 Å². The van der Waals surface area contributed by atoms with E-state index in [4.69, 9.17) is 4.74 Å². The van der Waals surface area contributed by atoms with Crippen LogP contribution in [0.5, 0.6) is 5.75 Å². The molecule has 0 atom stereocenters. The first kappa shape index (κ1) is 19.0. The van der Waals surface area contributed by atoms with Gasteiger partial charge in [-0.15, -0.1) is 0 Å². The number of ether oxygens (including phenoxy) is 1. The van der Waals surface area contributed by atoms with Gasteiger partial charge in [-0.1, -0.05) is 19.1 Å². The van der Waals surface area contributed by atoms with Crippen LogP contribution in [0.4, 0.5) is 5.69 Å². The highest BCUT2D eigenvalue weighted by Crippen LogP contribution is 2.15. The van der Waals surface area contributed by atoms with Crippen LogP contribution in [0.3, 0.4) is 0 Å². The first-order chi connectivity index (χ1) is 11.9. The maximum Gasteiger partial charge on any atom is 0.240 e. The summed E-state index contributed by atoms with van der Waals surface area (Å²) in [4.78, 5) is 11.1. The third-order valence-electron chi connectivity index (χ3n) is 3.45. The molecule has 0 saturated heterocycles. The molecule has 0 fully saturated rings. The van der Waals surface area contributed by atoms with E-state index in [9.17, 15) is 13.2 Å². The Morgan fingerprint density at radius 3 is 2.48 bits per heavy atom. The molecule has 0 unspecified atom stereocenters. The summed E-state index contributed by atoms with van der Waals surface area (Å²) >= 11 is 0. The van der Waals surface area contributed by atoms with Crippen LogP contribution in [0.2, 0.25) is 0 Å². The maximum absolute atomic E-state index is 12.2. The van der Waals surface area contributed by atoms with Crippen LogP contribution in [0, 0.1) is 0 Å². The van der Waals surface area contributed by atoms with Gasteiger partial charge in [0.1, 0.15) is 12.4 Å². The topological polar surface area (TPSA) is 84.5 Å². The van der Waals surface area contributed by atoms with Crippen LogP contribution in [-0.2, 0) is 21.2 Å². The zero-order chi connectivity index (χ0) is 18.3. The molecule has 1 amide bonds. The van der Waals surface area contributed by atoms with E-state index in [1.807, 2.05) is 24.3 Å². The first-order valence-electron chi connectivity index (χ1n) is 8.00. The number of aryl methyl sites for hydroxylation is 1. The van der Waals surface area contributed by atoms with Crippen LogP contribution in [0.15, 0.2) is 53.4 Å². The molecule has 0 spiro atoms. The largest absolute Gasteiger partial charge is 0.492 e. The van der Waals surface area contributed by atoms with Gasteiger partial charge in [-0.3, -0.25) is 4.79 Å². The van der Waals surface area contributed by atoms with Gasteiger partial charge < -0.3 is 10.1 Å². The third kappa shape index (κ3) is 5.88. The van der Waals surface area contributed by atoms with Crippen LogP contribution in [-0.4, -0.2) is 27.5 Å². The van der Waals surface area contributed by atoms with Crippen molar-refractivity contribution in [2.75, 3.05) is 18.5 Å². The molecule has 134 valence electrons. The highest BCUT2D eigenvalue weighted by molar-refractivity contribution is 7.89. The molecule has 0 radical (unpaired) electrons. The molecule has 0 aliphatic carbocycles. The number of amides is 1. The summed E-state index contributed by atoms with van der Waals surface area (Å²) in [6, 6.07) is 13.7. The number of benzene rings is 2. The third-order valence-corrected chi connectivity index (χ3v) is 4.93. The minimum atomic E-state index is -3.62. The van der Waals surface area contributed by atoms with Crippen molar-refractivity contribution in [2.45, 2.75) is 25.2 Å². The number of rotatable bonds is 8. The zero-order valence-electron chi connectivity index (χ0n) is 14.3. The molecule has 2 aromatic rings. The Labute approximate surface area is 148 Å². The standard InChI is InChI=1S/C18H22N2O4S/c1-3-15-5-4-6-17(13-15)24-12-11-19-25(22,23)18-9-7-16(8-10-18)20-14(2)21/h4-10,13,19H,3,11-12H2,1-2H3,(H,20,21). The molecule has 0 bridgehead atoms. The molecule has 7 heteroatoms. The van der Waals surface area contributed by atoms with Gasteiger partial charge in [0, 0.05) is 19.2 Å². The Balaban J connectivity index is 1.87. The Kier molecular flexibility index (Phi) is 6.55. The minimum Gasteiger partial charge on any atom is -0.492 e. The summed E-state index contributed by atoms with van der Waals surface area (Å²) in [7, 11) is -3.62. The van der Waals surface area contributed by atoms with Crippen LogP contribution < -0.4 is 14.8 Å². The van der Waals surface area contributed by atoms with Gasteiger partial charge >= 0.3 is 0 Å². The van der Waals surface area contributed by atoms with Gasteiger partial charge in [0.25, 0.3) is 0 Å². The smallest absolute Gasteiger partial charge is 0.240 e. The molecule has 6 nitrogen and oxygen atoms in total. The molecule has 0 saturated carbocycles. The molecule has 0 heterocycles. The summed E-state index contributed by atoms with van der Waals surface area (Å²) in [5.74, 6) is 0.510. The molecule has 25 heavy (non-hydrogen) atoms. The Morgan fingerprint density at radius 2 is 1.84 bits per heavy atom. The monoisotopic (exact) mass is 362 g/mol. The molecule has 2 N–H and O–H groups in total. The van der Waals surface area contributed by atoms with Crippen molar-refractivity contribution in [1.29, 1.82) is 0 Å². The molecule has 0 aliphatic rings. The van der Waals surface area contributed by atoms with Gasteiger partial charge in [-0.25, -0.2) is 13.1 Å². The van der Waals surface area contributed by atoms with E-state index in [0.717, 1.165) is 17.7 Å². The Bertz CT molecular complexity index is 817. The van der Waals surface area contributed by atoms with Gasteiger partial charge in [0.15, 0.2) is 0 Å². The fourth-order valence-electron chi connectivity index (χ4n) is 2.20. The van der Waals surface area contributed by atoms with Crippen molar-refractivity contribution in [3.63, 3.8) is 0 Å². The molecule has 0 aliphatic heterocycles. The average molecular weight is 362 g/mol. The van der Waals surface area contributed by atoms with Gasteiger partial charge in [0.05, 0.1) is 4.90 Å². The lowest BCUT2D eigenvalue weighted by molar-refractivity contribution is -0.114. The molecular weight excluding hydrogens is 340 g/mol. The van der Waals surface area contributed by atoms with Crippen molar-refractivity contribution in [1.82, 2.24) is 4.72 Å². The van der Waals surface area contributed by atoms with E-state index in [2.05, 4.69) is 17.0 Å². The number of carbonyl (C=O) groups is 1. The Hall–Kier alpha value is -2.38. The van der Waals surface area contributed by atoms with E-state index >= 15 is 0 Å². The van der Waals surface area contributed by atoms with E-state index in [1.165, 1.54) is 19.1 Å². The predicted molar refractivity (Wildman–Crippen MR) is 97.2 cm³/mol. The van der Waals surface area contributed by atoms with E-state index in [-0.39, 0.29) is 24.0 Å². The average Bonchev–Trinajstić information content (AvgIpc) is 2.59. The van der Waals surface area contributed by atoms with Gasteiger partial charge in [-0.05, 0) is 48.4 Å². The zero-order valence-corrected chi connectivity index (χ0v) is 15.1. The van der Waals surface area contributed by atoms with Crippen molar-refractivity contribution >= 4 is 21.6 Å². The lowest BCUT2D eigenvalue weighted by Gasteiger charge is -2.10. The molecule has 2 rings (SSSR count). The molecule has 0 aromatic heterocycles. The summed E-state index contributed by atoms with van der Waals surface area (Å²) in [6.07, 6.45) is 0.915. The Morgan fingerprint density at radius 1 is 1.12 bits per heavy atom. The van der Waals surface area contributed by atoms with Crippen LogP contribution >= 0.6 is 0 Å². The first-order valence-corrected chi connectivity index (χ1v) is 9.48. The van der Waals surface area contributed by atoms with Crippen molar-refractivity contribution < 1.29 is 17.9 Å². The second kappa shape index (κ2) is 8.64. The van der Waals surface area contributed by atoms with E-state index in [1.54, 1.807) is 12.1 Å². The quantitative estimate of drug-likeness (QED) is 0.707. The lowest BCUT2D eigenvalue weighted by Crippen LogP contribution is -2.28. The highest BCUT2D eigenvalue weighted by Gasteiger charge is 2.13. The number of hydrogen-bond acceptors (Lipinski definition) is 4. The minimum absolute atomic E-state index is 0.134. The maximum atomic E-state index is 12.2. The number of anilines is 1. The second-order valence-electron chi connectivity index (χ2n) is 5.45. The van der Waals surface area contributed by atoms with Crippen LogP contribution in [0.25, 0.3) is 0 Å². The molecular formula is C18H22N2O4S. The highest BCUT2D eigenvalue weighted by atomic mass is 32.2. The van der Waals surface area contributed by atoms with Crippen molar-refractivity contribution in [2.24, 2.45) is 0 Å². The number of hydrogen-bond donors (Lipinski definition) is 2. The van der Waals surface area contributed by atoms with Crippen molar-refractivity contribution in [3.8, 4) is 5.75 Å². The molecule has 2 aromatic carbocycles.